The predicted molar refractivity (Wildman–Crippen MR) is 71.8 cm³/mol. The first-order chi connectivity index (χ1) is 8.46. The van der Waals surface area contributed by atoms with Crippen LogP contribution in [0, 0.1) is 5.92 Å². The van der Waals surface area contributed by atoms with Crippen LogP contribution in [0.5, 0.6) is 5.75 Å². The fourth-order valence-corrected chi connectivity index (χ4v) is 1.91. The highest BCUT2D eigenvalue weighted by Gasteiger charge is 2.40. The van der Waals surface area contributed by atoms with E-state index in [-0.39, 0.29) is 11.9 Å². The minimum absolute atomic E-state index is 0.142. The molecule has 0 aliphatic rings. The molecule has 0 saturated heterocycles. The Morgan fingerprint density at radius 3 is 2.56 bits per heavy atom. The second-order valence-electron chi connectivity index (χ2n) is 4.81. The fourth-order valence-electron chi connectivity index (χ4n) is 1.91. The van der Waals surface area contributed by atoms with Crippen LogP contribution in [0.25, 0.3) is 0 Å². The average molecular weight is 250 g/mol. The van der Waals surface area contributed by atoms with Crippen molar-refractivity contribution in [3.8, 4) is 5.75 Å². The van der Waals surface area contributed by atoms with Crippen LogP contribution < -0.4 is 4.74 Å². The Morgan fingerprint density at radius 2 is 2.06 bits per heavy atom. The van der Waals surface area contributed by atoms with Crippen molar-refractivity contribution in [1.29, 1.82) is 0 Å². The van der Waals surface area contributed by atoms with Crippen LogP contribution in [0.4, 0.5) is 0 Å². The second-order valence-corrected chi connectivity index (χ2v) is 4.81. The molecule has 18 heavy (non-hydrogen) atoms. The molecule has 1 unspecified atom stereocenters. The van der Waals surface area contributed by atoms with Crippen molar-refractivity contribution in [2.75, 3.05) is 13.7 Å². The number of hydrogen-bond donors (Lipinski definition) is 0. The van der Waals surface area contributed by atoms with E-state index in [4.69, 9.17) is 9.47 Å². The third-order valence-electron chi connectivity index (χ3n) is 3.52. The molecule has 0 fully saturated rings. The number of ether oxygens (including phenoxy) is 2. The summed E-state index contributed by atoms with van der Waals surface area (Å²) in [5, 5.41) is 0. The number of esters is 1. The number of rotatable bonds is 5. The molecule has 1 aromatic rings. The van der Waals surface area contributed by atoms with E-state index in [1.807, 2.05) is 52.0 Å². The molecule has 100 valence electrons. The van der Waals surface area contributed by atoms with E-state index in [0.29, 0.717) is 6.61 Å². The fraction of sp³-hybridized carbons (Fsp3) is 0.533. The molecule has 1 atom stereocenters. The van der Waals surface area contributed by atoms with E-state index >= 15 is 0 Å². The molecular formula is C15H22O3. The lowest BCUT2D eigenvalue weighted by molar-refractivity contribution is -0.151. The van der Waals surface area contributed by atoms with Gasteiger partial charge < -0.3 is 9.47 Å². The van der Waals surface area contributed by atoms with E-state index in [1.165, 1.54) is 0 Å². The first kappa shape index (κ1) is 14.6. The van der Waals surface area contributed by atoms with Crippen molar-refractivity contribution in [1.82, 2.24) is 0 Å². The Balaban J connectivity index is 3.22. The molecule has 0 N–H and O–H groups in total. The highest BCUT2D eigenvalue weighted by Crippen LogP contribution is 2.35. The minimum atomic E-state index is -0.648. The molecule has 3 heteroatoms. The molecule has 1 rings (SSSR count). The maximum Gasteiger partial charge on any atom is 0.316 e. The number of carbonyl (C=O) groups excluding carboxylic acids is 1. The summed E-state index contributed by atoms with van der Waals surface area (Å²) in [5.41, 5.74) is 0.278. The van der Waals surface area contributed by atoms with Crippen LogP contribution in [0.2, 0.25) is 0 Å². The van der Waals surface area contributed by atoms with Crippen LogP contribution in [-0.4, -0.2) is 19.7 Å². The second kappa shape index (κ2) is 5.89. The summed E-state index contributed by atoms with van der Waals surface area (Å²) in [6.45, 7) is 8.19. The van der Waals surface area contributed by atoms with Gasteiger partial charge in [0.2, 0.25) is 0 Å². The zero-order valence-corrected chi connectivity index (χ0v) is 11.8. The molecule has 0 aromatic heterocycles. The van der Waals surface area contributed by atoms with Crippen molar-refractivity contribution in [2.24, 2.45) is 5.92 Å². The van der Waals surface area contributed by atoms with Crippen LogP contribution in [0.3, 0.4) is 0 Å². The summed E-state index contributed by atoms with van der Waals surface area (Å²) in [6.07, 6.45) is 0. The third-order valence-corrected chi connectivity index (χ3v) is 3.52. The summed E-state index contributed by atoms with van der Waals surface area (Å²) in [6, 6.07) is 7.61. The molecule has 0 bridgehead atoms. The first-order valence-electron chi connectivity index (χ1n) is 6.28. The maximum absolute atomic E-state index is 12.2. The largest absolute Gasteiger partial charge is 0.497 e. The van der Waals surface area contributed by atoms with E-state index in [0.717, 1.165) is 11.3 Å². The molecular weight excluding hydrogens is 228 g/mol. The Hall–Kier alpha value is -1.51. The summed E-state index contributed by atoms with van der Waals surface area (Å²) >= 11 is 0. The summed E-state index contributed by atoms with van der Waals surface area (Å²) < 4.78 is 10.4. The molecule has 1 aromatic carbocycles. The van der Waals surface area contributed by atoms with Gasteiger partial charge >= 0.3 is 5.97 Å². The van der Waals surface area contributed by atoms with Crippen LogP contribution >= 0.6 is 0 Å². The molecule has 0 saturated carbocycles. The third kappa shape index (κ3) is 2.66. The van der Waals surface area contributed by atoms with Gasteiger partial charge in [-0.05, 0) is 37.5 Å². The lowest BCUT2D eigenvalue weighted by atomic mass is 9.73. The Bertz CT molecular complexity index is 412. The van der Waals surface area contributed by atoms with Crippen LogP contribution in [0.15, 0.2) is 24.3 Å². The summed E-state index contributed by atoms with van der Waals surface area (Å²) in [4.78, 5) is 12.2. The van der Waals surface area contributed by atoms with Gasteiger partial charge in [0.05, 0.1) is 19.1 Å². The van der Waals surface area contributed by atoms with Gasteiger partial charge in [-0.2, -0.15) is 0 Å². The van der Waals surface area contributed by atoms with Gasteiger partial charge in [-0.3, -0.25) is 4.79 Å². The van der Waals surface area contributed by atoms with Crippen LogP contribution in [-0.2, 0) is 14.9 Å². The number of carbonyl (C=O) groups is 1. The molecule has 0 aliphatic carbocycles. The van der Waals surface area contributed by atoms with Gasteiger partial charge in [-0.1, -0.05) is 26.0 Å². The van der Waals surface area contributed by atoms with Gasteiger partial charge in [-0.25, -0.2) is 0 Å². The van der Waals surface area contributed by atoms with Crippen molar-refractivity contribution in [3.05, 3.63) is 29.8 Å². The monoisotopic (exact) mass is 250 g/mol. The molecule has 0 heterocycles. The number of hydrogen-bond acceptors (Lipinski definition) is 3. The van der Waals surface area contributed by atoms with E-state index in [2.05, 4.69) is 0 Å². The Labute approximate surface area is 109 Å². The zero-order valence-electron chi connectivity index (χ0n) is 11.8. The lowest BCUT2D eigenvalue weighted by Gasteiger charge is -2.31. The normalized spacial score (nSPS) is 14.1. The topological polar surface area (TPSA) is 35.5 Å². The van der Waals surface area contributed by atoms with Crippen molar-refractivity contribution in [2.45, 2.75) is 33.1 Å². The first-order valence-corrected chi connectivity index (χ1v) is 6.28. The van der Waals surface area contributed by atoms with Crippen LogP contribution in [0.1, 0.15) is 33.3 Å². The minimum Gasteiger partial charge on any atom is -0.497 e. The molecule has 3 nitrogen and oxygen atoms in total. The highest BCUT2D eigenvalue weighted by molar-refractivity contribution is 5.83. The molecule has 0 radical (unpaired) electrons. The highest BCUT2D eigenvalue weighted by atomic mass is 16.5. The Morgan fingerprint density at radius 1 is 1.39 bits per heavy atom. The van der Waals surface area contributed by atoms with Gasteiger partial charge in [0.1, 0.15) is 5.75 Å². The van der Waals surface area contributed by atoms with E-state index < -0.39 is 5.41 Å². The van der Waals surface area contributed by atoms with E-state index in [9.17, 15) is 4.79 Å². The molecule has 0 aliphatic heterocycles. The zero-order chi connectivity index (χ0) is 13.8. The lowest BCUT2D eigenvalue weighted by Crippen LogP contribution is -2.39. The van der Waals surface area contributed by atoms with Crippen molar-refractivity contribution >= 4 is 5.97 Å². The standard InChI is InChI=1S/C15H22O3/c1-6-18-14(16)15(4,11(2)3)12-8-7-9-13(10-12)17-5/h7-11H,6H2,1-5H3. The quantitative estimate of drug-likeness (QED) is 0.753. The van der Waals surface area contributed by atoms with Crippen molar-refractivity contribution < 1.29 is 14.3 Å². The van der Waals surface area contributed by atoms with Gasteiger partial charge in [0.25, 0.3) is 0 Å². The molecule has 0 spiro atoms. The number of methoxy groups -OCH3 is 1. The van der Waals surface area contributed by atoms with E-state index in [1.54, 1.807) is 7.11 Å². The Kier molecular flexibility index (Phi) is 4.76. The summed E-state index contributed by atoms with van der Waals surface area (Å²) in [7, 11) is 1.62. The van der Waals surface area contributed by atoms with Gasteiger partial charge in [-0.15, -0.1) is 0 Å². The SMILES string of the molecule is CCOC(=O)C(C)(c1cccc(OC)c1)C(C)C. The predicted octanol–water partition coefficient (Wildman–Crippen LogP) is 3.17. The summed E-state index contributed by atoms with van der Waals surface area (Å²) in [5.74, 6) is 0.709. The maximum atomic E-state index is 12.2. The smallest absolute Gasteiger partial charge is 0.316 e. The van der Waals surface area contributed by atoms with Gasteiger partial charge in [0.15, 0.2) is 0 Å². The molecule has 0 amide bonds. The van der Waals surface area contributed by atoms with Gasteiger partial charge in [0, 0.05) is 0 Å². The van der Waals surface area contributed by atoms with Crippen molar-refractivity contribution in [3.63, 3.8) is 0 Å². The average Bonchev–Trinajstić information content (AvgIpc) is 2.37. The number of benzene rings is 1.